The highest BCUT2D eigenvalue weighted by Gasteiger charge is 2.16. The first-order valence-electron chi connectivity index (χ1n) is 14.2. The summed E-state index contributed by atoms with van der Waals surface area (Å²) in [5.74, 6) is 0. The first-order chi connectivity index (χ1) is 21.2. The summed E-state index contributed by atoms with van der Waals surface area (Å²) in [6, 6.07) is 46.0. The van der Waals surface area contributed by atoms with Crippen LogP contribution < -0.4 is 0 Å². The molecule has 5 aromatic carbocycles. The third-order valence-electron chi connectivity index (χ3n) is 8.36. The number of hydrogen-bond acceptors (Lipinski definition) is 3. The van der Waals surface area contributed by atoms with E-state index < -0.39 is 0 Å². The molecule has 0 atom stereocenters. The summed E-state index contributed by atoms with van der Waals surface area (Å²) in [7, 11) is 0. The second-order valence-corrected chi connectivity index (χ2v) is 10.8. The van der Waals surface area contributed by atoms with Crippen molar-refractivity contribution in [1.29, 1.82) is 5.26 Å². The highest BCUT2D eigenvalue weighted by atomic mass is 16.3. The molecule has 0 aliphatic rings. The van der Waals surface area contributed by atoms with Gasteiger partial charge in [-0.15, -0.1) is 0 Å². The minimum absolute atomic E-state index is 0.648. The molecule has 0 spiro atoms. The average molecular weight is 551 g/mol. The molecule has 0 radical (unpaired) electrons. The van der Waals surface area contributed by atoms with Crippen LogP contribution in [0.4, 0.5) is 0 Å². The third kappa shape index (κ3) is 3.54. The fourth-order valence-electron chi connectivity index (χ4n) is 6.33. The van der Waals surface area contributed by atoms with Gasteiger partial charge in [-0.3, -0.25) is 4.40 Å². The van der Waals surface area contributed by atoms with Gasteiger partial charge in [0.05, 0.1) is 22.7 Å². The van der Waals surface area contributed by atoms with Crippen LogP contribution in [-0.4, -0.2) is 14.0 Å². The number of nitriles is 1. The van der Waals surface area contributed by atoms with Crippen LogP contribution in [0.3, 0.4) is 0 Å². The average Bonchev–Trinajstić information content (AvgIpc) is 3.72. The highest BCUT2D eigenvalue weighted by Crippen LogP contribution is 2.37. The molecule has 4 aromatic heterocycles. The van der Waals surface area contributed by atoms with Crippen LogP contribution in [0.15, 0.2) is 138 Å². The lowest BCUT2D eigenvalue weighted by atomic mass is 9.98. The zero-order valence-corrected chi connectivity index (χ0v) is 22.9. The van der Waals surface area contributed by atoms with Gasteiger partial charge in [0.1, 0.15) is 16.7 Å². The van der Waals surface area contributed by atoms with Crippen molar-refractivity contribution in [2.75, 3.05) is 0 Å². The highest BCUT2D eigenvalue weighted by molar-refractivity contribution is 6.11. The number of aromatic nitrogens is 3. The van der Waals surface area contributed by atoms with Gasteiger partial charge in [0.15, 0.2) is 0 Å². The number of pyridine rings is 1. The summed E-state index contributed by atoms with van der Waals surface area (Å²) in [6.07, 6.45) is 2.11. The van der Waals surface area contributed by atoms with E-state index in [1.54, 1.807) is 0 Å². The van der Waals surface area contributed by atoms with Crippen LogP contribution in [0.5, 0.6) is 0 Å². The second-order valence-electron chi connectivity index (χ2n) is 10.8. The van der Waals surface area contributed by atoms with Crippen molar-refractivity contribution in [2.45, 2.75) is 0 Å². The second kappa shape index (κ2) is 8.94. The standard InChI is InChI=1S/C38H22N4O/c39-22-24-13-16-30-32-21-27(14-17-33(32)42(34(30)19-24)29-9-2-1-3-10-29)25-7-6-8-26(20-25)28-15-18-36-40-37-31-11-4-5-12-35(31)43-38(37)41(36)23-28/h1-21,23H. The predicted octanol–water partition coefficient (Wildman–Crippen LogP) is 9.54. The number of hydrogen-bond donors (Lipinski definition) is 0. The summed E-state index contributed by atoms with van der Waals surface area (Å²) in [6.45, 7) is 0. The Kier molecular flexibility index (Phi) is 4.90. The summed E-state index contributed by atoms with van der Waals surface area (Å²) in [4.78, 5) is 4.84. The largest absolute Gasteiger partial charge is 0.437 e. The Hall–Kier alpha value is -6.12. The first kappa shape index (κ1) is 23.6. The monoisotopic (exact) mass is 550 g/mol. The van der Waals surface area contributed by atoms with Crippen molar-refractivity contribution >= 4 is 49.7 Å². The van der Waals surface area contributed by atoms with Crippen molar-refractivity contribution in [3.8, 4) is 34.0 Å². The summed E-state index contributed by atoms with van der Waals surface area (Å²) in [5.41, 5.74) is 11.7. The number of fused-ring (bicyclic) bond motifs is 8. The molecule has 0 aliphatic carbocycles. The predicted molar refractivity (Wildman–Crippen MR) is 172 cm³/mol. The van der Waals surface area contributed by atoms with Crippen molar-refractivity contribution in [2.24, 2.45) is 0 Å². The van der Waals surface area contributed by atoms with Crippen LogP contribution in [-0.2, 0) is 0 Å². The van der Waals surface area contributed by atoms with Crippen LogP contribution in [0.1, 0.15) is 5.56 Å². The molecule has 0 fully saturated rings. The maximum Gasteiger partial charge on any atom is 0.232 e. The summed E-state index contributed by atoms with van der Waals surface area (Å²) >= 11 is 0. The SMILES string of the molecule is N#Cc1ccc2c3cc(-c4cccc(-c5ccc6nc7c8ccccc8oc7n6c5)c4)ccc3n(-c3ccccc3)c2c1. The zero-order chi connectivity index (χ0) is 28.5. The lowest BCUT2D eigenvalue weighted by Crippen LogP contribution is -1.93. The van der Waals surface area contributed by atoms with Gasteiger partial charge in [0.25, 0.3) is 0 Å². The van der Waals surface area contributed by atoms with Gasteiger partial charge in [-0.05, 0) is 89.0 Å². The number of nitrogens with zero attached hydrogens (tertiary/aromatic N) is 4. The van der Waals surface area contributed by atoms with E-state index in [1.165, 1.54) is 0 Å². The molecule has 0 amide bonds. The van der Waals surface area contributed by atoms with Gasteiger partial charge in [-0.1, -0.05) is 60.7 Å². The number of benzene rings is 5. The van der Waals surface area contributed by atoms with Gasteiger partial charge in [-0.2, -0.15) is 5.26 Å². The molecule has 5 heteroatoms. The summed E-state index contributed by atoms with van der Waals surface area (Å²) < 4.78 is 10.5. The Morgan fingerprint density at radius 2 is 1.40 bits per heavy atom. The molecule has 4 heterocycles. The maximum absolute atomic E-state index is 9.61. The number of rotatable bonds is 3. The Balaban J connectivity index is 1.19. The fraction of sp³-hybridized carbons (Fsp3) is 0. The van der Waals surface area contributed by atoms with E-state index in [2.05, 4.69) is 89.6 Å². The summed E-state index contributed by atoms with van der Waals surface area (Å²) in [5, 5.41) is 12.9. The molecular formula is C38H22N4O. The third-order valence-corrected chi connectivity index (χ3v) is 8.36. The van der Waals surface area contributed by atoms with Crippen LogP contribution >= 0.6 is 0 Å². The molecule has 0 saturated heterocycles. The van der Waals surface area contributed by atoms with E-state index in [0.29, 0.717) is 5.56 Å². The van der Waals surface area contributed by atoms with Crippen molar-refractivity contribution < 1.29 is 4.42 Å². The normalized spacial score (nSPS) is 11.7. The minimum atomic E-state index is 0.648. The van der Waals surface area contributed by atoms with Crippen molar-refractivity contribution in [1.82, 2.24) is 14.0 Å². The Labute approximate surface area is 246 Å². The van der Waals surface area contributed by atoms with Gasteiger partial charge in [0, 0.05) is 28.0 Å². The van der Waals surface area contributed by atoms with E-state index in [1.807, 2.05) is 59.0 Å². The molecule has 200 valence electrons. The quantitative estimate of drug-likeness (QED) is 0.220. The maximum atomic E-state index is 9.61. The van der Waals surface area contributed by atoms with Gasteiger partial charge < -0.3 is 8.98 Å². The molecule has 0 saturated carbocycles. The Morgan fingerprint density at radius 3 is 2.28 bits per heavy atom. The number of imidazole rings is 1. The Morgan fingerprint density at radius 1 is 0.605 bits per heavy atom. The van der Waals surface area contributed by atoms with E-state index in [9.17, 15) is 5.26 Å². The molecule has 9 rings (SSSR count). The zero-order valence-electron chi connectivity index (χ0n) is 22.9. The van der Waals surface area contributed by atoms with E-state index in [4.69, 9.17) is 9.40 Å². The smallest absolute Gasteiger partial charge is 0.232 e. The van der Waals surface area contributed by atoms with E-state index in [-0.39, 0.29) is 0 Å². The molecular weight excluding hydrogens is 528 g/mol. The van der Waals surface area contributed by atoms with Crippen molar-refractivity contribution in [3.05, 3.63) is 139 Å². The van der Waals surface area contributed by atoms with Gasteiger partial charge in [0.2, 0.25) is 5.71 Å². The topological polar surface area (TPSA) is 59.2 Å². The molecule has 5 nitrogen and oxygen atoms in total. The molecule has 0 bridgehead atoms. The fourth-order valence-corrected chi connectivity index (χ4v) is 6.33. The van der Waals surface area contributed by atoms with E-state index in [0.717, 1.165) is 77.6 Å². The lowest BCUT2D eigenvalue weighted by Gasteiger charge is -2.09. The van der Waals surface area contributed by atoms with Crippen LogP contribution in [0.25, 0.3) is 77.6 Å². The number of para-hydroxylation sites is 2. The van der Waals surface area contributed by atoms with E-state index >= 15 is 0 Å². The minimum Gasteiger partial charge on any atom is -0.437 e. The molecule has 0 aliphatic heterocycles. The van der Waals surface area contributed by atoms with Crippen LogP contribution in [0, 0.1) is 11.3 Å². The van der Waals surface area contributed by atoms with Gasteiger partial charge in [-0.25, -0.2) is 4.98 Å². The molecule has 0 unspecified atom stereocenters. The Bertz CT molecular complexity index is 2580. The first-order valence-corrected chi connectivity index (χ1v) is 14.2. The molecule has 9 aromatic rings. The van der Waals surface area contributed by atoms with Crippen molar-refractivity contribution in [3.63, 3.8) is 0 Å². The van der Waals surface area contributed by atoms with Crippen LogP contribution in [0.2, 0.25) is 0 Å². The number of furan rings is 1. The molecule has 43 heavy (non-hydrogen) atoms. The molecule has 0 N–H and O–H groups in total. The lowest BCUT2D eigenvalue weighted by molar-refractivity contribution is 0.649. The van der Waals surface area contributed by atoms with Gasteiger partial charge >= 0.3 is 0 Å².